The first-order valence-corrected chi connectivity index (χ1v) is 7.73. The Bertz CT molecular complexity index is 924. The van der Waals surface area contributed by atoms with E-state index in [9.17, 15) is 14.3 Å². The van der Waals surface area contributed by atoms with Crippen LogP contribution in [-0.2, 0) is 0 Å². The Kier molecular flexibility index (Phi) is 3.41. The summed E-state index contributed by atoms with van der Waals surface area (Å²) in [7, 11) is 0. The maximum Gasteiger partial charge on any atom is 0.341 e. The fourth-order valence-electron chi connectivity index (χ4n) is 3.27. The summed E-state index contributed by atoms with van der Waals surface area (Å²) in [4.78, 5) is 17.9. The van der Waals surface area contributed by atoms with Gasteiger partial charge >= 0.3 is 5.97 Å². The molecular formula is C17H15FN4O2. The van der Waals surface area contributed by atoms with Gasteiger partial charge in [0.2, 0.25) is 0 Å². The molecule has 7 heteroatoms. The first-order chi connectivity index (χ1) is 11.6. The smallest absolute Gasteiger partial charge is 0.341 e. The summed E-state index contributed by atoms with van der Waals surface area (Å²) in [6, 6.07) is 8.43. The van der Waals surface area contributed by atoms with Gasteiger partial charge in [0.25, 0.3) is 0 Å². The van der Waals surface area contributed by atoms with Crippen LogP contribution in [0.2, 0.25) is 0 Å². The Labute approximate surface area is 137 Å². The molecule has 4 rings (SSSR count). The standard InChI is InChI=1S/C17H15FN4O2/c18-12-4-1-3-11(9-12)14-5-2-7-21(14)15-6-8-22-16(20-15)13(10-19-22)17(23)24/h1,3-4,6,8-10,14H,2,5,7H2,(H,23,24)/t14-/m1/s1. The number of carbonyl (C=O) groups is 1. The highest BCUT2D eigenvalue weighted by Gasteiger charge is 2.28. The molecule has 0 unspecified atom stereocenters. The van der Waals surface area contributed by atoms with Gasteiger partial charge in [-0.15, -0.1) is 0 Å². The highest BCUT2D eigenvalue weighted by Crippen LogP contribution is 2.35. The van der Waals surface area contributed by atoms with Crippen LogP contribution in [0.4, 0.5) is 10.2 Å². The molecule has 1 aliphatic rings. The van der Waals surface area contributed by atoms with Crippen molar-refractivity contribution in [2.45, 2.75) is 18.9 Å². The van der Waals surface area contributed by atoms with Gasteiger partial charge in [0, 0.05) is 12.7 Å². The van der Waals surface area contributed by atoms with E-state index >= 15 is 0 Å². The van der Waals surface area contributed by atoms with Gasteiger partial charge in [-0.3, -0.25) is 0 Å². The minimum atomic E-state index is -1.06. The number of carboxylic acid groups (broad SMARTS) is 1. The van der Waals surface area contributed by atoms with Crippen LogP contribution in [0.3, 0.4) is 0 Å². The average molecular weight is 326 g/mol. The van der Waals surface area contributed by atoms with Crippen molar-refractivity contribution >= 4 is 17.4 Å². The number of rotatable bonds is 3. The quantitative estimate of drug-likeness (QED) is 0.801. The van der Waals surface area contributed by atoms with Gasteiger partial charge < -0.3 is 10.0 Å². The van der Waals surface area contributed by atoms with E-state index in [-0.39, 0.29) is 17.4 Å². The Morgan fingerprint density at radius 3 is 3.00 bits per heavy atom. The molecule has 1 N–H and O–H groups in total. The zero-order valence-electron chi connectivity index (χ0n) is 12.8. The maximum atomic E-state index is 13.5. The van der Waals surface area contributed by atoms with Crippen molar-refractivity contribution in [1.82, 2.24) is 14.6 Å². The Balaban J connectivity index is 1.75. The molecule has 6 nitrogen and oxygen atoms in total. The summed E-state index contributed by atoms with van der Waals surface area (Å²) in [6.45, 7) is 0.793. The van der Waals surface area contributed by atoms with Crippen LogP contribution < -0.4 is 4.90 Å². The number of halogens is 1. The molecule has 0 radical (unpaired) electrons. The Morgan fingerprint density at radius 1 is 1.33 bits per heavy atom. The van der Waals surface area contributed by atoms with Crippen LogP contribution in [0.5, 0.6) is 0 Å². The van der Waals surface area contributed by atoms with Crippen molar-refractivity contribution in [2.75, 3.05) is 11.4 Å². The average Bonchev–Trinajstić information content (AvgIpc) is 3.21. The van der Waals surface area contributed by atoms with E-state index in [1.54, 1.807) is 18.3 Å². The fourth-order valence-corrected chi connectivity index (χ4v) is 3.27. The van der Waals surface area contributed by atoms with E-state index in [2.05, 4.69) is 15.0 Å². The van der Waals surface area contributed by atoms with Crippen LogP contribution >= 0.6 is 0 Å². The van der Waals surface area contributed by atoms with Crippen molar-refractivity contribution in [1.29, 1.82) is 0 Å². The molecule has 0 amide bonds. The van der Waals surface area contributed by atoms with E-state index in [0.29, 0.717) is 11.5 Å². The zero-order valence-corrected chi connectivity index (χ0v) is 12.8. The Morgan fingerprint density at radius 2 is 2.21 bits per heavy atom. The number of aromatic carboxylic acids is 1. The van der Waals surface area contributed by atoms with Gasteiger partial charge in [-0.05, 0) is 36.6 Å². The molecule has 3 aromatic rings. The number of fused-ring (bicyclic) bond motifs is 1. The number of anilines is 1. The molecule has 24 heavy (non-hydrogen) atoms. The number of hydrogen-bond donors (Lipinski definition) is 1. The molecule has 1 aliphatic heterocycles. The minimum absolute atomic E-state index is 0.0341. The summed E-state index contributed by atoms with van der Waals surface area (Å²) in [6.07, 6.45) is 4.87. The number of benzene rings is 1. The molecule has 3 heterocycles. The molecule has 0 bridgehead atoms. The van der Waals surface area contributed by atoms with Gasteiger partial charge in [-0.25, -0.2) is 18.7 Å². The van der Waals surface area contributed by atoms with E-state index in [4.69, 9.17) is 0 Å². The highest BCUT2D eigenvalue weighted by atomic mass is 19.1. The third-order valence-corrected chi connectivity index (χ3v) is 4.37. The lowest BCUT2D eigenvalue weighted by Crippen LogP contribution is -2.24. The van der Waals surface area contributed by atoms with Crippen molar-refractivity contribution in [2.24, 2.45) is 0 Å². The van der Waals surface area contributed by atoms with Gasteiger partial charge in [0.15, 0.2) is 5.65 Å². The molecule has 1 saturated heterocycles. The second kappa shape index (κ2) is 5.59. The van der Waals surface area contributed by atoms with E-state index in [1.165, 1.54) is 16.8 Å². The van der Waals surface area contributed by atoms with Crippen molar-refractivity contribution in [3.63, 3.8) is 0 Å². The fraction of sp³-hybridized carbons (Fsp3) is 0.235. The number of aromatic nitrogens is 3. The van der Waals surface area contributed by atoms with Crippen LogP contribution in [-0.4, -0.2) is 32.2 Å². The first-order valence-electron chi connectivity index (χ1n) is 7.73. The second-order valence-corrected chi connectivity index (χ2v) is 5.82. The second-order valence-electron chi connectivity index (χ2n) is 5.82. The van der Waals surface area contributed by atoms with Crippen LogP contribution in [0, 0.1) is 5.82 Å². The molecule has 2 aromatic heterocycles. The molecule has 1 fully saturated rings. The summed E-state index contributed by atoms with van der Waals surface area (Å²) in [5.74, 6) is -0.637. The lowest BCUT2D eigenvalue weighted by molar-refractivity contribution is 0.0699. The zero-order chi connectivity index (χ0) is 16.7. The summed E-state index contributed by atoms with van der Waals surface area (Å²) < 4.78 is 15.0. The summed E-state index contributed by atoms with van der Waals surface area (Å²) in [5.41, 5.74) is 1.28. The molecule has 122 valence electrons. The highest BCUT2D eigenvalue weighted by molar-refractivity contribution is 5.94. The van der Waals surface area contributed by atoms with Crippen molar-refractivity contribution in [3.8, 4) is 0 Å². The molecule has 0 spiro atoms. The third-order valence-electron chi connectivity index (χ3n) is 4.37. The molecule has 1 aromatic carbocycles. The molecule has 0 saturated carbocycles. The van der Waals surface area contributed by atoms with Gasteiger partial charge in [0.05, 0.1) is 12.2 Å². The van der Waals surface area contributed by atoms with Crippen LogP contribution in [0.1, 0.15) is 34.8 Å². The Hall–Kier alpha value is -2.96. The van der Waals surface area contributed by atoms with Gasteiger partial charge in [-0.1, -0.05) is 12.1 Å². The predicted molar refractivity (Wildman–Crippen MR) is 85.7 cm³/mol. The third kappa shape index (κ3) is 2.38. The van der Waals surface area contributed by atoms with E-state index in [0.717, 1.165) is 24.9 Å². The number of carboxylic acids is 1. The lowest BCUT2D eigenvalue weighted by atomic mass is 10.0. The monoisotopic (exact) mass is 326 g/mol. The van der Waals surface area contributed by atoms with E-state index < -0.39 is 5.97 Å². The van der Waals surface area contributed by atoms with Crippen molar-refractivity contribution < 1.29 is 14.3 Å². The van der Waals surface area contributed by atoms with Crippen LogP contribution in [0.25, 0.3) is 5.65 Å². The maximum absolute atomic E-state index is 13.5. The normalized spacial score (nSPS) is 17.5. The lowest BCUT2D eigenvalue weighted by Gasteiger charge is -2.26. The van der Waals surface area contributed by atoms with Crippen molar-refractivity contribution in [3.05, 3.63) is 59.7 Å². The predicted octanol–water partition coefficient (Wildman–Crippen LogP) is 2.91. The largest absolute Gasteiger partial charge is 0.477 e. The number of nitrogens with zero attached hydrogens (tertiary/aromatic N) is 4. The molecule has 0 aliphatic carbocycles. The van der Waals surface area contributed by atoms with Crippen LogP contribution in [0.15, 0.2) is 42.7 Å². The van der Waals surface area contributed by atoms with Gasteiger partial charge in [-0.2, -0.15) is 5.10 Å². The van der Waals surface area contributed by atoms with Gasteiger partial charge in [0.1, 0.15) is 17.2 Å². The molecule has 1 atom stereocenters. The summed E-state index contributed by atoms with van der Waals surface area (Å²) >= 11 is 0. The minimum Gasteiger partial charge on any atom is -0.477 e. The van der Waals surface area contributed by atoms with E-state index in [1.807, 2.05) is 12.1 Å². The SMILES string of the molecule is O=C(O)c1cnn2ccc(N3CCC[C@@H]3c3cccc(F)c3)nc12. The first kappa shape index (κ1) is 14.6. The topological polar surface area (TPSA) is 70.7 Å². The summed E-state index contributed by atoms with van der Waals surface area (Å²) in [5, 5.41) is 13.2. The number of hydrogen-bond acceptors (Lipinski definition) is 4. The molecular weight excluding hydrogens is 311 g/mol.